The average Bonchev–Trinajstić information content (AvgIpc) is 2.56. The van der Waals surface area contributed by atoms with Crippen molar-refractivity contribution in [2.75, 3.05) is 11.9 Å². The van der Waals surface area contributed by atoms with Gasteiger partial charge in [-0.3, -0.25) is 10.1 Å². The molecule has 2 aromatic rings. The van der Waals surface area contributed by atoms with E-state index in [-0.39, 0.29) is 10.8 Å². The molecule has 2 rings (SSSR count). The second-order valence-electron chi connectivity index (χ2n) is 4.76. The highest BCUT2D eigenvalue weighted by Crippen LogP contribution is 2.13. The molecule has 0 aliphatic heterocycles. The summed E-state index contributed by atoms with van der Waals surface area (Å²) in [6.45, 7) is 2.51. The summed E-state index contributed by atoms with van der Waals surface area (Å²) >= 11 is 4.99. The molecule has 0 aliphatic carbocycles. The summed E-state index contributed by atoms with van der Waals surface area (Å²) in [5, 5.41) is 5.12. The molecule has 0 bridgehead atoms. The number of amides is 1. The van der Waals surface area contributed by atoms with Gasteiger partial charge < -0.3 is 10.1 Å². The van der Waals surface area contributed by atoms with Crippen LogP contribution in [0.2, 0.25) is 0 Å². The summed E-state index contributed by atoms with van der Waals surface area (Å²) in [6.07, 6.45) is 3.00. The fourth-order valence-corrected chi connectivity index (χ4v) is 2.09. The van der Waals surface area contributed by atoms with Gasteiger partial charge in [0.15, 0.2) is 5.11 Å². The zero-order chi connectivity index (χ0) is 17.4. The van der Waals surface area contributed by atoms with Crippen LogP contribution in [0.4, 0.5) is 10.1 Å². The van der Waals surface area contributed by atoms with Gasteiger partial charge in [0.05, 0.1) is 12.3 Å². The molecule has 4 nitrogen and oxygen atoms in total. The molecule has 0 unspecified atom stereocenters. The zero-order valence-electron chi connectivity index (χ0n) is 13.1. The van der Waals surface area contributed by atoms with Crippen molar-refractivity contribution in [1.82, 2.24) is 5.32 Å². The lowest BCUT2D eigenvalue weighted by atomic mass is 10.2. The van der Waals surface area contributed by atoms with Gasteiger partial charge in [-0.15, -0.1) is 0 Å². The highest BCUT2D eigenvalue weighted by atomic mass is 32.1. The maximum absolute atomic E-state index is 13.5. The van der Waals surface area contributed by atoms with Crippen molar-refractivity contribution in [3.05, 3.63) is 66.0 Å². The molecule has 2 aromatic carbocycles. The lowest BCUT2D eigenvalue weighted by Gasteiger charge is -2.08. The topological polar surface area (TPSA) is 50.4 Å². The Labute approximate surface area is 145 Å². The minimum atomic E-state index is -0.445. The van der Waals surface area contributed by atoms with Crippen molar-refractivity contribution >= 4 is 35.0 Å². The lowest BCUT2D eigenvalue weighted by molar-refractivity contribution is -0.115. The van der Waals surface area contributed by atoms with Crippen LogP contribution < -0.4 is 15.4 Å². The minimum Gasteiger partial charge on any atom is -0.494 e. The van der Waals surface area contributed by atoms with Gasteiger partial charge in [0.25, 0.3) is 0 Å². The molecule has 0 saturated heterocycles. The van der Waals surface area contributed by atoms with Crippen LogP contribution >= 0.6 is 12.2 Å². The van der Waals surface area contributed by atoms with Crippen molar-refractivity contribution in [1.29, 1.82) is 0 Å². The van der Waals surface area contributed by atoms with E-state index in [1.807, 2.05) is 31.2 Å². The number of ether oxygens (including phenoxy) is 1. The van der Waals surface area contributed by atoms with Gasteiger partial charge >= 0.3 is 0 Å². The number of carbonyl (C=O) groups excluding carboxylic acids is 1. The smallest absolute Gasteiger partial charge is 0.250 e. The van der Waals surface area contributed by atoms with Gasteiger partial charge in [-0.25, -0.2) is 4.39 Å². The zero-order valence-corrected chi connectivity index (χ0v) is 13.9. The number of benzene rings is 2. The normalized spacial score (nSPS) is 10.4. The van der Waals surface area contributed by atoms with Gasteiger partial charge in [-0.1, -0.05) is 24.3 Å². The largest absolute Gasteiger partial charge is 0.494 e. The van der Waals surface area contributed by atoms with E-state index in [9.17, 15) is 9.18 Å². The van der Waals surface area contributed by atoms with E-state index >= 15 is 0 Å². The predicted octanol–water partition coefficient (Wildman–Crippen LogP) is 3.75. The van der Waals surface area contributed by atoms with Crippen LogP contribution in [0.5, 0.6) is 5.75 Å². The number of carbonyl (C=O) groups is 1. The standard InChI is InChI=1S/C18H17FN2O2S/c1-2-23-14-10-7-13(8-11-14)9-12-17(22)21-18(24)20-16-6-4-3-5-15(16)19/h3-12H,2H2,1H3,(H2,20,21,22,24)/b12-9+. The third-order valence-electron chi connectivity index (χ3n) is 2.98. The Morgan fingerprint density at radius 2 is 1.92 bits per heavy atom. The first-order chi connectivity index (χ1) is 11.6. The molecule has 124 valence electrons. The Morgan fingerprint density at radius 3 is 2.58 bits per heavy atom. The molecule has 0 heterocycles. The Kier molecular flexibility index (Phi) is 6.45. The number of anilines is 1. The van der Waals surface area contributed by atoms with Gasteiger partial charge in [-0.2, -0.15) is 0 Å². The molecule has 24 heavy (non-hydrogen) atoms. The van der Waals surface area contributed by atoms with E-state index in [0.29, 0.717) is 6.61 Å². The van der Waals surface area contributed by atoms with Crippen molar-refractivity contribution < 1.29 is 13.9 Å². The highest BCUT2D eigenvalue weighted by Gasteiger charge is 2.05. The van der Waals surface area contributed by atoms with E-state index in [2.05, 4.69) is 10.6 Å². The molecule has 0 spiro atoms. The molecule has 6 heteroatoms. The van der Waals surface area contributed by atoms with Gasteiger partial charge in [0.1, 0.15) is 11.6 Å². The summed E-state index contributed by atoms with van der Waals surface area (Å²) in [5.74, 6) is -0.0777. The van der Waals surface area contributed by atoms with Crippen LogP contribution in [-0.2, 0) is 4.79 Å². The third kappa shape index (κ3) is 5.48. The fraction of sp³-hybridized carbons (Fsp3) is 0.111. The van der Waals surface area contributed by atoms with E-state index in [4.69, 9.17) is 17.0 Å². The first-order valence-electron chi connectivity index (χ1n) is 7.36. The van der Waals surface area contributed by atoms with Crippen molar-refractivity contribution in [3.8, 4) is 5.75 Å². The maximum Gasteiger partial charge on any atom is 0.250 e. The van der Waals surface area contributed by atoms with E-state index < -0.39 is 11.7 Å². The van der Waals surface area contributed by atoms with Crippen LogP contribution in [0.25, 0.3) is 6.08 Å². The van der Waals surface area contributed by atoms with Crippen LogP contribution in [0.3, 0.4) is 0 Å². The highest BCUT2D eigenvalue weighted by molar-refractivity contribution is 7.80. The molecular formula is C18H17FN2O2S. The summed E-state index contributed by atoms with van der Waals surface area (Å²) in [6, 6.07) is 13.4. The summed E-state index contributed by atoms with van der Waals surface area (Å²) in [5.41, 5.74) is 1.06. The number of rotatable bonds is 5. The fourth-order valence-electron chi connectivity index (χ4n) is 1.88. The second-order valence-corrected chi connectivity index (χ2v) is 5.17. The van der Waals surface area contributed by atoms with Gasteiger partial charge in [0.2, 0.25) is 5.91 Å². The van der Waals surface area contributed by atoms with E-state index in [1.54, 1.807) is 18.2 Å². The van der Waals surface area contributed by atoms with Crippen molar-refractivity contribution in [2.45, 2.75) is 6.92 Å². The molecule has 0 fully saturated rings. The van der Waals surface area contributed by atoms with Gasteiger partial charge in [-0.05, 0) is 55.0 Å². The predicted molar refractivity (Wildman–Crippen MR) is 97.4 cm³/mol. The summed E-state index contributed by atoms with van der Waals surface area (Å²) in [7, 11) is 0. The molecule has 0 atom stereocenters. The number of hydrogen-bond acceptors (Lipinski definition) is 3. The molecular weight excluding hydrogens is 327 g/mol. The molecule has 1 amide bonds. The number of hydrogen-bond donors (Lipinski definition) is 2. The molecule has 0 saturated carbocycles. The third-order valence-corrected chi connectivity index (χ3v) is 3.18. The molecule has 0 aromatic heterocycles. The molecule has 0 radical (unpaired) electrons. The lowest BCUT2D eigenvalue weighted by Crippen LogP contribution is -2.33. The summed E-state index contributed by atoms with van der Waals surface area (Å²) < 4.78 is 18.8. The van der Waals surface area contributed by atoms with Crippen LogP contribution in [0.15, 0.2) is 54.6 Å². The monoisotopic (exact) mass is 344 g/mol. The van der Waals surface area contributed by atoms with Crippen LogP contribution in [-0.4, -0.2) is 17.6 Å². The number of para-hydroxylation sites is 1. The molecule has 0 aliphatic rings. The average molecular weight is 344 g/mol. The molecule has 2 N–H and O–H groups in total. The first kappa shape index (κ1) is 17.6. The Balaban J connectivity index is 1.88. The Bertz CT molecular complexity index is 745. The van der Waals surface area contributed by atoms with Gasteiger partial charge in [0, 0.05) is 6.08 Å². The quantitative estimate of drug-likeness (QED) is 0.641. The number of nitrogens with one attached hydrogen (secondary N) is 2. The minimum absolute atomic E-state index is 0.0291. The number of halogens is 1. The van der Waals surface area contributed by atoms with E-state index in [0.717, 1.165) is 11.3 Å². The SMILES string of the molecule is CCOc1ccc(/C=C/C(=O)NC(=S)Nc2ccccc2F)cc1. The van der Waals surface area contributed by atoms with Crippen LogP contribution in [0, 0.1) is 5.82 Å². The van der Waals surface area contributed by atoms with Crippen molar-refractivity contribution in [3.63, 3.8) is 0 Å². The second kappa shape index (κ2) is 8.79. The Hall–Kier alpha value is -2.73. The first-order valence-corrected chi connectivity index (χ1v) is 7.76. The van der Waals surface area contributed by atoms with Crippen LogP contribution in [0.1, 0.15) is 12.5 Å². The number of thiocarbonyl (C=S) groups is 1. The summed E-state index contributed by atoms with van der Waals surface area (Å²) in [4.78, 5) is 11.8. The Morgan fingerprint density at radius 1 is 1.21 bits per heavy atom. The van der Waals surface area contributed by atoms with E-state index in [1.165, 1.54) is 18.2 Å². The van der Waals surface area contributed by atoms with Crippen molar-refractivity contribution in [2.24, 2.45) is 0 Å². The maximum atomic E-state index is 13.5.